The van der Waals surface area contributed by atoms with Gasteiger partial charge < -0.3 is 4.74 Å². The van der Waals surface area contributed by atoms with E-state index in [4.69, 9.17) is 27.9 Å². The minimum Gasteiger partial charge on any atom is -0.484 e. The fourth-order valence-electron chi connectivity index (χ4n) is 1.54. The molecule has 98 valence electrons. The van der Waals surface area contributed by atoms with Gasteiger partial charge in [-0.15, -0.1) is 0 Å². The summed E-state index contributed by atoms with van der Waals surface area (Å²) in [4.78, 5) is 10.9. The first-order valence-electron chi connectivity index (χ1n) is 5.43. The van der Waals surface area contributed by atoms with E-state index in [0.717, 1.165) is 11.6 Å². The molecule has 0 unspecified atom stereocenters. The molecule has 2 nitrogen and oxygen atoms in total. The summed E-state index contributed by atoms with van der Waals surface area (Å²) in [5.41, 5.74) is 0.881. The number of rotatable bonds is 4. The third kappa shape index (κ3) is 3.46. The van der Waals surface area contributed by atoms with Crippen LogP contribution in [0.25, 0.3) is 0 Å². The highest BCUT2D eigenvalue weighted by atomic mass is 35.5. The van der Waals surface area contributed by atoms with Crippen LogP contribution in [0.4, 0.5) is 4.39 Å². The summed E-state index contributed by atoms with van der Waals surface area (Å²) in [5.74, 6) is -0.806. The summed E-state index contributed by atoms with van der Waals surface area (Å²) >= 11 is 11.1. The lowest BCUT2D eigenvalue weighted by Crippen LogP contribution is -2.00. The molecule has 0 radical (unpaired) electrons. The first-order valence-corrected chi connectivity index (χ1v) is 6.19. The van der Waals surface area contributed by atoms with Gasteiger partial charge in [-0.25, -0.2) is 4.39 Å². The molecule has 0 aliphatic carbocycles. The number of ether oxygens (including phenoxy) is 1. The van der Waals surface area contributed by atoms with Gasteiger partial charge in [-0.3, -0.25) is 4.79 Å². The van der Waals surface area contributed by atoms with Gasteiger partial charge in [-0.2, -0.15) is 0 Å². The first-order chi connectivity index (χ1) is 9.08. The van der Waals surface area contributed by atoms with E-state index in [2.05, 4.69) is 0 Å². The average molecular weight is 299 g/mol. The van der Waals surface area contributed by atoms with Gasteiger partial charge in [0.1, 0.15) is 6.61 Å². The highest BCUT2D eigenvalue weighted by molar-refractivity contribution is 6.67. The zero-order valence-corrected chi connectivity index (χ0v) is 11.2. The Balaban J connectivity index is 2.19. The summed E-state index contributed by atoms with van der Waals surface area (Å²) in [5, 5.41) is -0.754. The smallest absolute Gasteiger partial charge is 0.252 e. The molecule has 5 heteroatoms. The Hall–Kier alpha value is -1.58. The fraction of sp³-hybridized carbons (Fsp3) is 0.0714. The summed E-state index contributed by atoms with van der Waals surface area (Å²) in [6.07, 6.45) is 0. The summed E-state index contributed by atoms with van der Waals surface area (Å²) in [7, 11) is 0. The minimum atomic E-state index is -0.768. The van der Waals surface area contributed by atoms with Crippen molar-refractivity contribution in [2.45, 2.75) is 6.61 Å². The largest absolute Gasteiger partial charge is 0.484 e. The maximum atomic E-state index is 13.8. The van der Waals surface area contributed by atoms with Gasteiger partial charge in [0, 0.05) is 5.56 Å². The zero-order chi connectivity index (χ0) is 13.8. The lowest BCUT2D eigenvalue weighted by Gasteiger charge is -2.10. The zero-order valence-electron chi connectivity index (χ0n) is 9.70. The van der Waals surface area contributed by atoms with Crippen molar-refractivity contribution in [3.05, 3.63) is 64.4 Å². The number of halogens is 3. The van der Waals surface area contributed by atoms with Crippen LogP contribution in [-0.4, -0.2) is 5.24 Å². The van der Waals surface area contributed by atoms with Gasteiger partial charge in [0.15, 0.2) is 11.6 Å². The molecule has 0 saturated carbocycles. The maximum Gasteiger partial charge on any atom is 0.252 e. The summed E-state index contributed by atoms with van der Waals surface area (Å²) in [6.45, 7) is 0.186. The van der Waals surface area contributed by atoms with Crippen LogP contribution in [-0.2, 0) is 6.61 Å². The number of hydrogen-bond donors (Lipinski definition) is 0. The fourth-order valence-corrected chi connectivity index (χ4v) is 1.91. The van der Waals surface area contributed by atoms with E-state index in [1.807, 2.05) is 30.3 Å². The molecule has 0 spiro atoms. The van der Waals surface area contributed by atoms with Crippen molar-refractivity contribution in [2.24, 2.45) is 0 Å². The predicted molar refractivity (Wildman–Crippen MR) is 72.4 cm³/mol. The van der Waals surface area contributed by atoms with Gasteiger partial charge in [0.25, 0.3) is 5.24 Å². The van der Waals surface area contributed by atoms with Crippen LogP contribution in [0, 0.1) is 5.82 Å². The lowest BCUT2D eigenvalue weighted by molar-refractivity contribution is 0.108. The molecule has 0 aromatic heterocycles. The van der Waals surface area contributed by atoms with Gasteiger partial charge in [-0.1, -0.05) is 41.9 Å². The van der Waals surface area contributed by atoms with Crippen LogP contribution in [0.1, 0.15) is 15.9 Å². The van der Waals surface area contributed by atoms with E-state index in [0.29, 0.717) is 0 Å². The lowest BCUT2D eigenvalue weighted by atomic mass is 10.2. The highest BCUT2D eigenvalue weighted by Crippen LogP contribution is 2.30. The minimum absolute atomic E-state index is 0.00349. The van der Waals surface area contributed by atoms with E-state index in [-0.39, 0.29) is 22.9 Å². The average Bonchev–Trinajstić information content (AvgIpc) is 2.38. The Morgan fingerprint density at radius 1 is 1.21 bits per heavy atom. The standard InChI is InChI=1S/C14H9Cl2FO2/c15-11-6-10(14(16)18)7-12(17)13(11)19-8-9-4-2-1-3-5-9/h1-7H,8H2. The van der Waals surface area contributed by atoms with Crippen LogP contribution in [0.15, 0.2) is 42.5 Å². The van der Waals surface area contributed by atoms with Crippen molar-refractivity contribution in [2.75, 3.05) is 0 Å². The maximum absolute atomic E-state index is 13.8. The molecule has 2 aromatic carbocycles. The van der Waals surface area contributed by atoms with Crippen LogP contribution < -0.4 is 4.74 Å². The molecule has 0 bridgehead atoms. The molecule has 2 rings (SSSR count). The van der Waals surface area contributed by atoms with Crippen molar-refractivity contribution in [1.82, 2.24) is 0 Å². The first kappa shape index (κ1) is 13.8. The molecule has 0 heterocycles. The van der Waals surface area contributed by atoms with Crippen LogP contribution in [0.5, 0.6) is 5.75 Å². The SMILES string of the molecule is O=C(Cl)c1cc(F)c(OCc2ccccc2)c(Cl)c1. The quantitative estimate of drug-likeness (QED) is 0.780. The molecule has 0 aliphatic rings. The predicted octanol–water partition coefficient (Wildman–Crippen LogP) is 4.44. The van der Waals surface area contributed by atoms with Crippen molar-refractivity contribution in [3.63, 3.8) is 0 Å². The molecule has 0 N–H and O–H groups in total. The second-order valence-corrected chi connectivity index (χ2v) is 4.57. The van der Waals surface area contributed by atoms with E-state index in [9.17, 15) is 9.18 Å². The Kier molecular flexibility index (Phi) is 4.40. The van der Waals surface area contributed by atoms with Gasteiger partial charge in [-0.05, 0) is 29.3 Å². The molecule has 19 heavy (non-hydrogen) atoms. The molecule has 0 amide bonds. The normalized spacial score (nSPS) is 10.3. The van der Waals surface area contributed by atoms with Crippen molar-refractivity contribution < 1.29 is 13.9 Å². The highest BCUT2D eigenvalue weighted by Gasteiger charge is 2.14. The Labute approximate surface area is 119 Å². The summed E-state index contributed by atoms with van der Waals surface area (Å²) < 4.78 is 19.1. The van der Waals surface area contributed by atoms with Crippen molar-refractivity contribution in [1.29, 1.82) is 0 Å². The Bertz CT molecular complexity index is 577. The van der Waals surface area contributed by atoms with Gasteiger partial charge in [0.2, 0.25) is 0 Å². The van der Waals surface area contributed by atoms with E-state index in [1.54, 1.807) is 0 Å². The monoisotopic (exact) mass is 298 g/mol. The second-order valence-electron chi connectivity index (χ2n) is 3.82. The van der Waals surface area contributed by atoms with Gasteiger partial charge >= 0.3 is 0 Å². The van der Waals surface area contributed by atoms with Crippen LogP contribution in [0.3, 0.4) is 0 Å². The molecule has 0 atom stereocenters. The third-order valence-corrected chi connectivity index (χ3v) is 2.95. The molecule has 0 saturated heterocycles. The number of hydrogen-bond acceptors (Lipinski definition) is 2. The van der Waals surface area contributed by atoms with Crippen LogP contribution >= 0.6 is 23.2 Å². The Morgan fingerprint density at radius 3 is 2.47 bits per heavy atom. The van der Waals surface area contributed by atoms with Crippen molar-refractivity contribution >= 4 is 28.4 Å². The molecular weight excluding hydrogens is 290 g/mol. The number of benzene rings is 2. The topological polar surface area (TPSA) is 26.3 Å². The van der Waals surface area contributed by atoms with E-state index in [1.165, 1.54) is 6.07 Å². The Morgan fingerprint density at radius 2 is 1.89 bits per heavy atom. The number of carbonyl (C=O) groups is 1. The molecule has 0 aliphatic heterocycles. The molecule has 2 aromatic rings. The van der Waals surface area contributed by atoms with Crippen LogP contribution in [0.2, 0.25) is 5.02 Å². The van der Waals surface area contributed by atoms with Crippen molar-refractivity contribution in [3.8, 4) is 5.75 Å². The molecule has 0 fully saturated rings. The third-order valence-electron chi connectivity index (χ3n) is 2.45. The van der Waals surface area contributed by atoms with E-state index >= 15 is 0 Å². The van der Waals surface area contributed by atoms with Gasteiger partial charge in [0.05, 0.1) is 5.02 Å². The second kappa shape index (κ2) is 6.04. The molecular formula is C14H9Cl2FO2. The van der Waals surface area contributed by atoms with E-state index < -0.39 is 11.1 Å². The number of carbonyl (C=O) groups excluding carboxylic acids is 1. The summed E-state index contributed by atoms with van der Waals surface area (Å²) in [6, 6.07) is 11.6.